The van der Waals surface area contributed by atoms with Crippen molar-refractivity contribution in [2.24, 2.45) is 0 Å². The van der Waals surface area contributed by atoms with E-state index < -0.39 is 0 Å². The largest absolute Gasteiger partial charge is 0.489 e. The summed E-state index contributed by atoms with van der Waals surface area (Å²) in [6.07, 6.45) is 0. The van der Waals surface area contributed by atoms with Gasteiger partial charge in [-0.2, -0.15) is 0 Å². The van der Waals surface area contributed by atoms with Gasteiger partial charge in [0, 0.05) is 13.1 Å². The highest BCUT2D eigenvalue weighted by Gasteiger charge is 2.00. The van der Waals surface area contributed by atoms with E-state index in [-0.39, 0.29) is 18.2 Å². The Balaban J connectivity index is 0.00000225. The molecule has 1 N–H and O–H groups in total. The third-order valence-corrected chi connectivity index (χ3v) is 3.72. The van der Waals surface area contributed by atoms with Crippen LogP contribution in [-0.2, 0) is 19.7 Å². The summed E-state index contributed by atoms with van der Waals surface area (Å²) in [5.74, 6) is 0.587. The van der Waals surface area contributed by atoms with Crippen LogP contribution >= 0.6 is 12.4 Å². The van der Waals surface area contributed by atoms with Gasteiger partial charge in [0.05, 0.1) is 0 Å². The second kappa shape index (κ2) is 9.82. The third kappa shape index (κ3) is 6.22. The molecule has 3 rings (SSSR count). The second-order valence-corrected chi connectivity index (χ2v) is 5.65. The molecule has 0 amide bonds. The number of rotatable bonds is 7. The van der Waals surface area contributed by atoms with Crippen LogP contribution < -0.4 is 10.1 Å². The third-order valence-electron chi connectivity index (χ3n) is 3.72. The fourth-order valence-electron chi connectivity index (χ4n) is 2.44. The van der Waals surface area contributed by atoms with E-state index in [4.69, 9.17) is 4.74 Å². The van der Waals surface area contributed by atoms with Crippen molar-refractivity contribution in [1.82, 2.24) is 5.32 Å². The molecule has 130 valence electrons. The Morgan fingerprint density at radius 2 is 1.40 bits per heavy atom. The van der Waals surface area contributed by atoms with Gasteiger partial charge >= 0.3 is 0 Å². The lowest BCUT2D eigenvalue weighted by Crippen LogP contribution is -2.12. The molecule has 25 heavy (non-hydrogen) atoms. The summed E-state index contributed by atoms with van der Waals surface area (Å²) in [6, 6.07) is 24.7. The Morgan fingerprint density at radius 3 is 2.16 bits per heavy atom. The first kappa shape index (κ1) is 19.0. The molecule has 0 fully saturated rings. The number of hydrogen-bond donors (Lipinski definition) is 1. The average Bonchev–Trinajstić information content (AvgIpc) is 2.63. The Morgan fingerprint density at radius 1 is 0.720 bits per heavy atom. The van der Waals surface area contributed by atoms with Crippen molar-refractivity contribution in [1.29, 1.82) is 0 Å². The molecule has 0 aromatic heterocycles. The Bertz CT molecular complexity index is 762. The van der Waals surface area contributed by atoms with Crippen molar-refractivity contribution in [3.8, 4) is 5.75 Å². The van der Waals surface area contributed by atoms with E-state index in [0.29, 0.717) is 6.61 Å². The number of nitrogens with one attached hydrogen (secondary N) is 1. The van der Waals surface area contributed by atoms with E-state index in [9.17, 15) is 4.39 Å². The summed E-state index contributed by atoms with van der Waals surface area (Å²) in [5, 5.41) is 3.43. The van der Waals surface area contributed by atoms with Crippen molar-refractivity contribution >= 4 is 12.4 Å². The van der Waals surface area contributed by atoms with Crippen molar-refractivity contribution in [3.63, 3.8) is 0 Å². The lowest BCUT2D eigenvalue weighted by Gasteiger charge is -2.09. The van der Waals surface area contributed by atoms with Gasteiger partial charge in [0.15, 0.2) is 0 Å². The molecular formula is C21H21ClFNO. The molecule has 0 unspecified atom stereocenters. The van der Waals surface area contributed by atoms with Gasteiger partial charge in [-0.3, -0.25) is 0 Å². The molecule has 0 aliphatic carbocycles. The second-order valence-electron chi connectivity index (χ2n) is 5.65. The maximum atomic E-state index is 12.9. The molecule has 0 aliphatic heterocycles. The van der Waals surface area contributed by atoms with Gasteiger partial charge in [-0.15, -0.1) is 12.4 Å². The zero-order valence-electron chi connectivity index (χ0n) is 13.8. The molecule has 0 saturated heterocycles. The Kier molecular flexibility index (Phi) is 7.45. The maximum Gasteiger partial charge on any atom is 0.123 e. The molecule has 0 saturated carbocycles. The van der Waals surface area contributed by atoms with Crippen molar-refractivity contribution in [3.05, 3.63) is 101 Å². The van der Waals surface area contributed by atoms with Crippen LogP contribution in [0.5, 0.6) is 5.75 Å². The van der Waals surface area contributed by atoms with E-state index in [1.54, 1.807) is 12.1 Å². The smallest absolute Gasteiger partial charge is 0.123 e. The monoisotopic (exact) mass is 357 g/mol. The first-order chi connectivity index (χ1) is 11.8. The molecule has 0 atom stereocenters. The highest BCUT2D eigenvalue weighted by atomic mass is 35.5. The summed E-state index contributed by atoms with van der Waals surface area (Å²) in [7, 11) is 0. The fourth-order valence-corrected chi connectivity index (χ4v) is 2.44. The highest BCUT2D eigenvalue weighted by Crippen LogP contribution is 2.15. The normalized spacial score (nSPS) is 10.1. The molecule has 4 heteroatoms. The molecular weight excluding hydrogens is 337 g/mol. The van der Waals surface area contributed by atoms with E-state index >= 15 is 0 Å². The van der Waals surface area contributed by atoms with Crippen LogP contribution in [0.3, 0.4) is 0 Å². The van der Waals surface area contributed by atoms with E-state index in [0.717, 1.165) is 24.4 Å². The van der Waals surface area contributed by atoms with E-state index in [1.165, 1.54) is 23.3 Å². The highest BCUT2D eigenvalue weighted by molar-refractivity contribution is 5.85. The molecule has 2 nitrogen and oxygen atoms in total. The first-order valence-corrected chi connectivity index (χ1v) is 8.00. The first-order valence-electron chi connectivity index (χ1n) is 8.00. The van der Waals surface area contributed by atoms with Crippen LogP contribution in [-0.4, -0.2) is 0 Å². The van der Waals surface area contributed by atoms with E-state index in [2.05, 4.69) is 23.5 Å². The molecule has 0 radical (unpaired) electrons. The van der Waals surface area contributed by atoms with Crippen LogP contribution in [0.25, 0.3) is 0 Å². The van der Waals surface area contributed by atoms with Crippen LogP contribution in [0.1, 0.15) is 16.7 Å². The van der Waals surface area contributed by atoms with Crippen LogP contribution in [0.15, 0.2) is 78.9 Å². The van der Waals surface area contributed by atoms with Gasteiger partial charge in [-0.05, 0) is 41.0 Å². The number of benzene rings is 3. The molecule has 0 heterocycles. The van der Waals surface area contributed by atoms with Crippen molar-refractivity contribution in [2.45, 2.75) is 19.7 Å². The van der Waals surface area contributed by atoms with Crippen LogP contribution in [0, 0.1) is 5.82 Å². The quantitative estimate of drug-likeness (QED) is 0.634. The summed E-state index contributed by atoms with van der Waals surface area (Å²) < 4.78 is 18.7. The van der Waals surface area contributed by atoms with Crippen molar-refractivity contribution in [2.75, 3.05) is 0 Å². The Labute approximate surface area is 154 Å². The van der Waals surface area contributed by atoms with E-state index in [1.807, 2.05) is 36.4 Å². The summed E-state index contributed by atoms with van der Waals surface area (Å²) in [4.78, 5) is 0. The minimum atomic E-state index is -0.231. The summed E-state index contributed by atoms with van der Waals surface area (Å²) in [5.41, 5.74) is 3.38. The number of ether oxygens (including phenoxy) is 1. The number of halogens is 2. The molecule has 3 aromatic rings. The van der Waals surface area contributed by atoms with Gasteiger partial charge in [0.25, 0.3) is 0 Å². The van der Waals surface area contributed by atoms with Crippen LogP contribution in [0.4, 0.5) is 4.39 Å². The molecule has 3 aromatic carbocycles. The summed E-state index contributed by atoms with van der Waals surface area (Å²) >= 11 is 0. The lowest BCUT2D eigenvalue weighted by molar-refractivity contribution is 0.305. The predicted octanol–water partition coefficient (Wildman–Crippen LogP) is 5.12. The molecule has 0 aliphatic rings. The van der Waals surface area contributed by atoms with Gasteiger partial charge in [0.1, 0.15) is 18.2 Å². The topological polar surface area (TPSA) is 21.3 Å². The minimum absolute atomic E-state index is 0. The van der Waals surface area contributed by atoms with Gasteiger partial charge in [0.2, 0.25) is 0 Å². The zero-order chi connectivity index (χ0) is 16.6. The predicted molar refractivity (Wildman–Crippen MR) is 101 cm³/mol. The standard InChI is InChI=1S/C21H20FNO.ClH/c22-20-11-9-18(10-12-20)16-24-21-8-4-7-19(13-21)15-23-14-17-5-2-1-3-6-17;/h1-13,23H,14-16H2;1H. The zero-order valence-corrected chi connectivity index (χ0v) is 14.6. The summed E-state index contributed by atoms with van der Waals surface area (Å²) in [6.45, 7) is 2.05. The van der Waals surface area contributed by atoms with Crippen LogP contribution in [0.2, 0.25) is 0 Å². The Hall–Kier alpha value is -2.36. The maximum absolute atomic E-state index is 12.9. The van der Waals surface area contributed by atoms with Gasteiger partial charge < -0.3 is 10.1 Å². The molecule has 0 spiro atoms. The van der Waals surface area contributed by atoms with Crippen molar-refractivity contribution < 1.29 is 9.13 Å². The minimum Gasteiger partial charge on any atom is -0.489 e. The SMILES string of the molecule is Cl.Fc1ccc(COc2cccc(CNCc3ccccc3)c2)cc1. The average molecular weight is 358 g/mol. The molecule has 0 bridgehead atoms. The fraction of sp³-hybridized carbons (Fsp3) is 0.143. The van der Waals surface area contributed by atoms with Gasteiger partial charge in [-0.25, -0.2) is 4.39 Å². The number of hydrogen-bond acceptors (Lipinski definition) is 2. The lowest BCUT2D eigenvalue weighted by atomic mass is 10.2. The van der Waals surface area contributed by atoms with Gasteiger partial charge in [-0.1, -0.05) is 54.6 Å².